The van der Waals surface area contributed by atoms with Gasteiger partial charge in [0.2, 0.25) is 0 Å². The summed E-state index contributed by atoms with van der Waals surface area (Å²) in [6.07, 6.45) is 4.86. The van der Waals surface area contributed by atoms with Gasteiger partial charge in [-0.1, -0.05) is 18.2 Å². The van der Waals surface area contributed by atoms with Gasteiger partial charge < -0.3 is 15.0 Å². The molecule has 0 radical (unpaired) electrons. The number of aromatic nitrogens is 2. The lowest BCUT2D eigenvalue weighted by molar-refractivity contribution is 0.625. The molecular formula is C20H24FN5. The number of rotatable bonds is 6. The monoisotopic (exact) mass is 353 g/mol. The second-order valence-electron chi connectivity index (χ2n) is 6.16. The molecule has 1 aromatic carbocycles. The summed E-state index contributed by atoms with van der Waals surface area (Å²) in [5, 5.41) is 6.52. The molecule has 0 saturated heterocycles. The molecule has 0 amide bonds. The number of hydrogen-bond donors (Lipinski definition) is 2. The molecule has 0 spiro atoms. The van der Waals surface area contributed by atoms with Crippen molar-refractivity contribution >= 4 is 11.6 Å². The predicted octanol–water partition coefficient (Wildman–Crippen LogP) is 3.08. The van der Waals surface area contributed by atoms with Crippen molar-refractivity contribution in [3.63, 3.8) is 0 Å². The van der Waals surface area contributed by atoms with Crippen LogP contribution in [0.4, 0.5) is 4.39 Å². The van der Waals surface area contributed by atoms with Crippen molar-refractivity contribution in [1.29, 1.82) is 0 Å². The summed E-state index contributed by atoms with van der Waals surface area (Å²) >= 11 is 0. The number of halogens is 1. The summed E-state index contributed by atoms with van der Waals surface area (Å²) in [5.74, 6) is 0.481. The maximum Gasteiger partial charge on any atom is 0.191 e. The zero-order chi connectivity index (χ0) is 18.4. The van der Waals surface area contributed by atoms with Crippen molar-refractivity contribution in [2.45, 2.75) is 26.8 Å². The van der Waals surface area contributed by atoms with Crippen LogP contribution in [-0.2, 0) is 13.0 Å². The third kappa shape index (κ3) is 4.59. The summed E-state index contributed by atoms with van der Waals surface area (Å²) in [6.45, 7) is 6.00. The second kappa shape index (κ2) is 8.47. The lowest BCUT2D eigenvalue weighted by Crippen LogP contribution is -2.38. The Morgan fingerprint density at radius 2 is 2.12 bits per heavy atom. The summed E-state index contributed by atoms with van der Waals surface area (Å²) < 4.78 is 15.3. The highest BCUT2D eigenvalue weighted by Crippen LogP contribution is 2.10. The van der Waals surface area contributed by atoms with Crippen molar-refractivity contribution < 1.29 is 4.39 Å². The molecule has 26 heavy (non-hydrogen) atoms. The summed E-state index contributed by atoms with van der Waals surface area (Å²) in [7, 11) is 0. The Balaban J connectivity index is 1.59. The number of aryl methyl sites for hydroxylation is 1. The smallest absolute Gasteiger partial charge is 0.191 e. The van der Waals surface area contributed by atoms with Crippen LogP contribution in [0.15, 0.2) is 53.8 Å². The highest BCUT2D eigenvalue weighted by Gasteiger charge is 2.04. The lowest BCUT2D eigenvalue weighted by atomic mass is 10.2. The van der Waals surface area contributed by atoms with E-state index < -0.39 is 0 Å². The van der Waals surface area contributed by atoms with Crippen LogP contribution in [0, 0.1) is 12.7 Å². The molecule has 0 fully saturated rings. The summed E-state index contributed by atoms with van der Waals surface area (Å²) in [4.78, 5) is 9.19. The first kappa shape index (κ1) is 17.9. The zero-order valence-electron chi connectivity index (χ0n) is 15.2. The quantitative estimate of drug-likeness (QED) is 0.529. The van der Waals surface area contributed by atoms with Gasteiger partial charge in [0.25, 0.3) is 0 Å². The fourth-order valence-corrected chi connectivity index (χ4v) is 2.78. The van der Waals surface area contributed by atoms with Crippen LogP contribution in [-0.4, -0.2) is 28.4 Å². The highest BCUT2D eigenvalue weighted by atomic mass is 19.1. The Morgan fingerprint density at radius 3 is 2.88 bits per heavy atom. The van der Waals surface area contributed by atoms with E-state index >= 15 is 0 Å². The molecule has 0 aliphatic rings. The molecule has 6 heteroatoms. The Morgan fingerprint density at radius 1 is 1.23 bits per heavy atom. The number of nitrogens with zero attached hydrogens (tertiary/aromatic N) is 3. The first-order chi connectivity index (χ1) is 12.7. The fourth-order valence-electron chi connectivity index (χ4n) is 2.78. The van der Waals surface area contributed by atoms with Gasteiger partial charge >= 0.3 is 0 Å². The van der Waals surface area contributed by atoms with E-state index in [-0.39, 0.29) is 5.82 Å². The van der Waals surface area contributed by atoms with Crippen LogP contribution < -0.4 is 10.6 Å². The molecule has 136 valence electrons. The summed E-state index contributed by atoms with van der Waals surface area (Å²) in [6, 6.07) is 10.6. The predicted molar refractivity (Wildman–Crippen MR) is 103 cm³/mol. The molecule has 0 bridgehead atoms. The third-order valence-electron chi connectivity index (χ3n) is 4.05. The topological polar surface area (TPSA) is 53.7 Å². The van der Waals surface area contributed by atoms with Gasteiger partial charge in [0, 0.05) is 31.9 Å². The van der Waals surface area contributed by atoms with Crippen LogP contribution in [0.5, 0.6) is 0 Å². The minimum Gasteiger partial charge on any atom is -0.357 e. The Kier molecular flexibility index (Phi) is 5.84. The van der Waals surface area contributed by atoms with Gasteiger partial charge in [0.05, 0.1) is 12.2 Å². The first-order valence-electron chi connectivity index (χ1n) is 8.85. The number of benzene rings is 1. The summed E-state index contributed by atoms with van der Waals surface area (Å²) in [5.41, 5.74) is 4.04. The van der Waals surface area contributed by atoms with Crippen LogP contribution in [0.1, 0.15) is 23.7 Å². The molecule has 0 saturated carbocycles. The molecule has 3 aromatic rings. The van der Waals surface area contributed by atoms with Crippen molar-refractivity contribution in [2.24, 2.45) is 4.99 Å². The zero-order valence-corrected chi connectivity index (χ0v) is 15.2. The third-order valence-corrected chi connectivity index (χ3v) is 4.05. The average Bonchev–Trinajstić information content (AvgIpc) is 3.04. The SMILES string of the molecule is CCNC(=NCc1cccc(F)c1)NCCc1cn2cccc(C)c2n1. The number of aliphatic imine (C=N–C) groups is 1. The number of pyridine rings is 1. The number of hydrogen-bond acceptors (Lipinski definition) is 2. The number of guanidine groups is 1. The van der Waals surface area contributed by atoms with E-state index in [2.05, 4.69) is 39.8 Å². The number of nitrogens with one attached hydrogen (secondary N) is 2. The minimum atomic E-state index is -0.238. The highest BCUT2D eigenvalue weighted by molar-refractivity contribution is 5.79. The van der Waals surface area contributed by atoms with E-state index in [0.717, 1.165) is 47.9 Å². The van der Waals surface area contributed by atoms with Gasteiger partial charge in [-0.2, -0.15) is 0 Å². The van der Waals surface area contributed by atoms with E-state index in [1.165, 1.54) is 12.1 Å². The van der Waals surface area contributed by atoms with E-state index in [9.17, 15) is 4.39 Å². The molecule has 0 aliphatic carbocycles. The van der Waals surface area contributed by atoms with Gasteiger partial charge in [-0.15, -0.1) is 0 Å². The fraction of sp³-hybridized carbons (Fsp3) is 0.300. The standard InChI is InChI=1S/C20H24FN5/c1-3-22-20(24-13-16-7-4-8-17(21)12-16)23-10-9-18-14-26-11-5-6-15(2)19(26)25-18/h4-8,11-12,14H,3,9-10,13H2,1-2H3,(H2,22,23,24). The largest absolute Gasteiger partial charge is 0.357 e. The van der Waals surface area contributed by atoms with Crippen molar-refractivity contribution in [1.82, 2.24) is 20.0 Å². The molecule has 5 nitrogen and oxygen atoms in total. The van der Waals surface area contributed by atoms with Gasteiger partial charge in [0.1, 0.15) is 11.5 Å². The van der Waals surface area contributed by atoms with Crippen molar-refractivity contribution in [2.75, 3.05) is 13.1 Å². The molecule has 0 aliphatic heterocycles. The van der Waals surface area contributed by atoms with Crippen molar-refractivity contribution in [3.8, 4) is 0 Å². The van der Waals surface area contributed by atoms with E-state index in [1.54, 1.807) is 6.07 Å². The first-order valence-corrected chi connectivity index (χ1v) is 8.85. The molecular weight excluding hydrogens is 329 g/mol. The van der Waals surface area contributed by atoms with Crippen LogP contribution >= 0.6 is 0 Å². The van der Waals surface area contributed by atoms with Gasteiger partial charge in [-0.3, -0.25) is 0 Å². The van der Waals surface area contributed by atoms with Gasteiger partial charge in [0.15, 0.2) is 5.96 Å². The van der Waals surface area contributed by atoms with Gasteiger partial charge in [-0.05, 0) is 43.2 Å². The number of imidazole rings is 1. The maximum absolute atomic E-state index is 13.3. The van der Waals surface area contributed by atoms with Crippen molar-refractivity contribution in [3.05, 3.63) is 71.4 Å². The second-order valence-corrected chi connectivity index (χ2v) is 6.16. The molecule has 2 aromatic heterocycles. The molecule has 3 rings (SSSR count). The van der Waals surface area contributed by atoms with Crippen LogP contribution in [0.3, 0.4) is 0 Å². The Bertz CT molecular complexity index is 900. The molecule has 2 heterocycles. The average molecular weight is 353 g/mol. The molecule has 0 unspecified atom stereocenters. The number of fused-ring (bicyclic) bond motifs is 1. The van der Waals surface area contributed by atoms with Crippen LogP contribution in [0.2, 0.25) is 0 Å². The van der Waals surface area contributed by atoms with Gasteiger partial charge in [-0.25, -0.2) is 14.4 Å². The maximum atomic E-state index is 13.3. The Hall–Kier alpha value is -2.89. The van der Waals surface area contributed by atoms with E-state index in [0.29, 0.717) is 6.54 Å². The molecule has 2 N–H and O–H groups in total. The van der Waals surface area contributed by atoms with Crippen LogP contribution in [0.25, 0.3) is 5.65 Å². The minimum absolute atomic E-state index is 0.238. The normalized spacial score (nSPS) is 11.7. The lowest BCUT2D eigenvalue weighted by Gasteiger charge is -2.10. The van der Waals surface area contributed by atoms with E-state index in [4.69, 9.17) is 0 Å². The van der Waals surface area contributed by atoms with E-state index in [1.807, 2.05) is 29.7 Å². The Labute approximate surface area is 153 Å². The molecule has 0 atom stereocenters.